The van der Waals surface area contributed by atoms with Crippen molar-refractivity contribution in [2.45, 2.75) is 19.4 Å². The van der Waals surface area contributed by atoms with Crippen LogP contribution in [0.4, 0.5) is 0 Å². The van der Waals surface area contributed by atoms with E-state index in [4.69, 9.17) is 9.15 Å². The molecule has 3 rings (SSSR count). The quantitative estimate of drug-likeness (QED) is 0.650. The molecule has 1 amide bonds. The van der Waals surface area contributed by atoms with Gasteiger partial charge in [0.15, 0.2) is 5.58 Å². The average Bonchev–Trinajstić information content (AvgIpc) is 3.11. The maximum Gasteiger partial charge on any atom is 0.291 e. The summed E-state index contributed by atoms with van der Waals surface area (Å²) in [4.78, 5) is 24.0. The highest BCUT2D eigenvalue weighted by molar-refractivity contribution is 5.81. The van der Waals surface area contributed by atoms with Crippen LogP contribution in [0.2, 0.25) is 0 Å². The molecule has 23 heavy (non-hydrogen) atoms. The fourth-order valence-electron chi connectivity index (χ4n) is 2.46. The maximum absolute atomic E-state index is 12.4. The molecule has 0 bridgehead atoms. The zero-order chi connectivity index (χ0) is 16.2. The van der Waals surface area contributed by atoms with Crippen LogP contribution in [0.25, 0.3) is 16.6 Å². The third-order valence-electron chi connectivity index (χ3n) is 3.62. The van der Waals surface area contributed by atoms with E-state index in [2.05, 4.69) is 10.4 Å². The Morgan fingerprint density at radius 1 is 1.43 bits per heavy atom. The van der Waals surface area contributed by atoms with Crippen molar-refractivity contribution in [1.29, 1.82) is 0 Å². The molecule has 0 spiro atoms. The summed E-state index contributed by atoms with van der Waals surface area (Å²) in [6, 6.07) is 3.49. The van der Waals surface area contributed by atoms with Crippen LogP contribution in [0.3, 0.4) is 0 Å². The predicted molar refractivity (Wildman–Crippen MR) is 83.3 cm³/mol. The summed E-state index contributed by atoms with van der Waals surface area (Å²) in [6.45, 7) is 1.36. The molecule has 0 radical (unpaired) electrons. The first-order valence-electron chi connectivity index (χ1n) is 7.40. The number of rotatable bonds is 7. The lowest BCUT2D eigenvalue weighted by atomic mass is 10.3. The number of ether oxygens (including phenoxy) is 1. The highest BCUT2D eigenvalue weighted by Crippen LogP contribution is 2.18. The molecule has 0 saturated heterocycles. The highest BCUT2D eigenvalue weighted by Gasteiger charge is 2.11. The number of hydrogen-bond donors (Lipinski definition) is 1. The number of fused-ring (bicyclic) bond motifs is 3. The van der Waals surface area contributed by atoms with Gasteiger partial charge in [-0.2, -0.15) is 5.10 Å². The lowest BCUT2D eigenvalue weighted by Crippen LogP contribution is -2.28. The Balaban J connectivity index is 1.65. The van der Waals surface area contributed by atoms with Crippen LogP contribution in [0.1, 0.15) is 12.8 Å². The van der Waals surface area contributed by atoms with Crippen LogP contribution in [-0.4, -0.2) is 40.3 Å². The van der Waals surface area contributed by atoms with E-state index in [0.29, 0.717) is 43.6 Å². The van der Waals surface area contributed by atoms with Gasteiger partial charge in [-0.25, -0.2) is 4.68 Å². The fraction of sp³-hybridized carbons (Fsp3) is 0.400. The van der Waals surface area contributed by atoms with Gasteiger partial charge in [-0.3, -0.25) is 14.0 Å². The van der Waals surface area contributed by atoms with Crippen molar-refractivity contribution in [2.24, 2.45) is 0 Å². The van der Waals surface area contributed by atoms with Crippen LogP contribution in [0.15, 0.2) is 33.9 Å². The standard InChI is InChI=1S/C15H18N4O4/c1-22-8-5-16-14(20)3-2-6-19-15(21)12-9-13-11(4-7-23-13)18(12)10-17-19/h4,7,9-10H,2-3,5-6,8H2,1H3,(H,16,20). The van der Waals surface area contributed by atoms with Gasteiger partial charge in [-0.1, -0.05) is 0 Å². The molecule has 8 nitrogen and oxygen atoms in total. The van der Waals surface area contributed by atoms with Gasteiger partial charge in [-0.05, 0) is 6.42 Å². The number of nitrogens with one attached hydrogen (secondary N) is 1. The summed E-state index contributed by atoms with van der Waals surface area (Å²) >= 11 is 0. The Morgan fingerprint density at radius 3 is 3.13 bits per heavy atom. The van der Waals surface area contributed by atoms with Gasteiger partial charge in [0.25, 0.3) is 5.56 Å². The van der Waals surface area contributed by atoms with Gasteiger partial charge >= 0.3 is 0 Å². The first-order chi connectivity index (χ1) is 11.2. The number of amides is 1. The van der Waals surface area contributed by atoms with Crippen molar-refractivity contribution in [3.8, 4) is 0 Å². The lowest BCUT2D eigenvalue weighted by Gasteiger charge is -2.06. The summed E-state index contributed by atoms with van der Waals surface area (Å²) in [6.07, 6.45) is 4.04. The fourth-order valence-corrected chi connectivity index (χ4v) is 2.46. The van der Waals surface area contributed by atoms with Crippen molar-refractivity contribution >= 4 is 22.5 Å². The molecule has 0 aliphatic carbocycles. The molecule has 0 aromatic carbocycles. The van der Waals surface area contributed by atoms with E-state index in [-0.39, 0.29) is 11.5 Å². The highest BCUT2D eigenvalue weighted by atomic mass is 16.5. The van der Waals surface area contributed by atoms with Crippen LogP contribution < -0.4 is 10.9 Å². The minimum absolute atomic E-state index is 0.0589. The van der Waals surface area contributed by atoms with E-state index in [1.54, 1.807) is 36.2 Å². The van der Waals surface area contributed by atoms with Crippen LogP contribution in [0.5, 0.6) is 0 Å². The zero-order valence-electron chi connectivity index (χ0n) is 12.8. The molecular formula is C15H18N4O4. The SMILES string of the molecule is COCCNC(=O)CCCn1ncn2c(cc3occc32)c1=O. The largest absolute Gasteiger partial charge is 0.463 e. The molecule has 122 valence electrons. The number of carbonyl (C=O) groups excluding carboxylic acids is 1. The Hall–Kier alpha value is -2.61. The van der Waals surface area contributed by atoms with Crippen molar-refractivity contribution in [1.82, 2.24) is 19.5 Å². The summed E-state index contributed by atoms with van der Waals surface area (Å²) in [7, 11) is 1.58. The molecule has 0 aliphatic heterocycles. The second-order valence-electron chi connectivity index (χ2n) is 5.18. The van der Waals surface area contributed by atoms with Gasteiger partial charge < -0.3 is 14.5 Å². The van der Waals surface area contributed by atoms with E-state index in [1.807, 2.05) is 0 Å². The first kappa shape index (κ1) is 15.3. The van der Waals surface area contributed by atoms with Gasteiger partial charge in [-0.15, -0.1) is 0 Å². The van der Waals surface area contributed by atoms with E-state index < -0.39 is 0 Å². The molecule has 0 unspecified atom stereocenters. The Bertz CT molecular complexity index is 876. The monoisotopic (exact) mass is 318 g/mol. The minimum atomic E-state index is -0.196. The number of furan rings is 1. The molecule has 3 aromatic rings. The first-order valence-corrected chi connectivity index (χ1v) is 7.40. The molecule has 1 N–H and O–H groups in total. The summed E-state index contributed by atoms with van der Waals surface area (Å²) in [5, 5.41) is 6.89. The number of carbonyl (C=O) groups is 1. The maximum atomic E-state index is 12.4. The van der Waals surface area contributed by atoms with E-state index in [0.717, 1.165) is 5.52 Å². The van der Waals surface area contributed by atoms with Gasteiger partial charge in [0.2, 0.25) is 5.91 Å². The average molecular weight is 318 g/mol. The summed E-state index contributed by atoms with van der Waals surface area (Å²) in [5.41, 5.74) is 1.78. The molecule has 3 aromatic heterocycles. The van der Waals surface area contributed by atoms with E-state index in [9.17, 15) is 9.59 Å². The van der Waals surface area contributed by atoms with Crippen molar-refractivity contribution in [2.75, 3.05) is 20.3 Å². The van der Waals surface area contributed by atoms with E-state index >= 15 is 0 Å². The van der Waals surface area contributed by atoms with Crippen molar-refractivity contribution in [3.63, 3.8) is 0 Å². The summed E-state index contributed by atoms with van der Waals surface area (Å²) in [5.74, 6) is -0.0589. The molecular weight excluding hydrogens is 300 g/mol. The van der Waals surface area contributed by atoms with Crippen LogP contribution in [0, 0.1) is 0 Å². The van der Waals surface area contributed by atoms with Gasteiger partial charge in [0.1, 0.15) is 11.8 Å². The Labute approximate surface area is 131 Å². The molecule has 0 atom stereocenters. The normalized spacial score (nSPS) is 11.3. The smallest absolute Gasteiger partial charge is 0.291 e. The number of methoxy groups -OCH3 is 1. The number of hydrogen-bond acceptors (Lipinski definition) is 5. The molecule has 8 heteroatoms. The van der Waals surface area contributed by atoms with Crippen LogP contribution in [-0.2, 0) is 16.1 Å². The lowest BCUT2D eigenvalue weighted by molar-refractivity contribution is -0.121. The van der Waals surface area contributed by atoms with Crippen molar-refractivity contribution in [3.05, 3.63) is 35.1 Å². The van der Waals surface area contributed by atoms with E-state index in [1.165, 1.54) is 4.68 Å². The van der Waals surface area contributed by atoms with Crippen LogP contribution >= 0.6 is 0 Å². The zero-order valence-corrected chi connectivity index (χ0v) is 12.8. The second-order valence-corrected chi connectivity index (χ2v) is 5.18. The third kappa shape index (κ3) is 3.11. The molecule has 0 fully saturated rings. The van der Waals surface area contributed by atoms with Gasteiger partial charge in [0.05, 0.1) is 18.4 Å². The predicted octanol–water partition coefficient (Wildman–Crippen LogP) is 0.785. The second kappa shape index (κ2) is 6.66. The third-order valence-corrected chi connectivity index (χ3v) is 3.62. The summed E-state index contributed by atoms with van der Waals surface area (Å²) < 4.78 is 13.2. The number of aryl methyl sites for hydroxylation is 1. The van der Waals surface area contributed by atoms with Crippen molar-refractivity contribution < 1.29 is 13.9 Å². The Kier molecular flexibility index (Phi) is 4.42. The number of nitrogens with zero attached hydrogens (tertiary/aromatic N) is 3. The minimum Gasteiger partial charge on any atom is -0.463 e. The molecule has 0 aliphatic rings. The van der Waals surface area contributed by atoms with Gasteiger partial charge in [0, 0.05) is 38.8 Å². The molecule has 0 saturated carbocycles. The number of aromatic nitrogens is 3. The Morgan fingerprint density at radius 2 is 2.30 bits per heavy atom. The topological polar surface area (TPSA) is 90.8 Å². The molecule has 3 heterocycles.